The number of nitrogen functional groups attached to an aromatic ring is 1. The highest BCUT2D eigenvalue weighted by atomic mass is 32.1. The predicted molar refractivity (Wildman–Crippen MR) is 68.0 cm³/mol. The van der Waals surface area contributed by atoms with Gasteiger partial charge in [-0.15, -0.1) is 0 Å². The third-order valence-electron chi connectivity index (χ3n) is 2.57. The summed E-state index contributed by atoms with van der Waals surface area (Å²) >= 11 is 1.38. The van der Waals surface area contributed by atoms with Crippen molar-refractivity contribution in [1.82, 2.24) is 4.98 Å². The van der Waals surface area contributed by atoms with Crippen molar-refractivity contribution in [2.24, 2.45) is 5.73 Å². The third kappa shape index (κ3) is 2.22. The summed E-state index contributed by atoms with van der Waals surface area (Å²) in [6, 6.07) is 5.59. The molecule has 0 aliphatic carbocycles. The molecule has 5 nitrogen and oxygen atoms in total. The van der Waals surface area contributed by atoms with Gasteiger partial charge in [-0.2, -0.15) is 0 Å². The lowest BCUT2D eigenvalue weighted by Crippen LogP contribution is -2.46. The Labute approximate surface area is 102 Å². The Balaban J connectivity index is 2.46. The molecule has 0 unspecified atom stereocenters. The third-order valence-corrected chi connectivity index (χ3v) is 3.42. The van der Waals surface area contributed by atoms with Crippen LogP contribution in [0.1, 0.15) is 12.5 Å². The molecule has 0 saturated carbocycles. The molecule has 2 rings (SSSR count). The molecule has 0 spiro atoms. The summed E-state index contributed by atoms with van der Waals surface area (Å²) in [6.07, 6.45) is 0.225. The Hall–Kier alpha value is -1.66. The number of fused-ring (bicyclic) bond motifs is 1. The van der Waals surface area contributed by atoms with E-state index in [0.717, 1.165) is 15.8 Å². The number of aromatic nitrogens is 1. The first-order valence-corrected chi connectivity index (χ1v) is 5.88. The number of carboxylic acids is 1. The molecule has 1 aromatic carbocycles. The molecule has 90 valence electrons. The van der Waals surface area contributed by atoms with E-state index in [1.165, 1.54) is 18.3 Å². The van der Waals surface area contributed by atoms with E-state index in [-0.39, 0.29) is 6.42 Å². The number of hydrogen-bond donors (Lipinski definition) is 3. The zero-order valence-corrected chi connectivity index (χ0v) is 10.1. The maximum atomic E-state index is 11.0. The number of rotatable bonds is 3. The van der Waals surface area contributed by atoms with Crippen molar-refractivity contribution in [3.05, 3.63) is 23.8 Å². The molecular weight excluding hydrogens is 238 g/mol. The number of hydrogen-bond acceptors (Lipinski definition) is 5. The van der Waals surface area contributed by atoms with Crippen molar-refractivity contribution < 1.29 is 9.90 Å². The van der Waals surface area contributed by atoms with E-state index in [1.54, 1.807) is 0 Å². The second kappa shape index (κ2) is 3.97. The Bertz CT molecular complexity index is 577. The zero-order chi connectivity index (χ0) is 12.6. The van der Waals surface area contributed by atoms with Crippen molar-refractivity contribution in [3.8, 4) is 0 Å². The number of nitrogens with zero attached hydrogens (tertiary/aromatic N) is 1. The van der Waals surface area contributed by atoms with Crippen LogP contribution < -0.4 is 11.5 Å². The normalized spacial score (nSPS) is 14.7. The standard InChI is InChI=1S/C11H13N3O2S/c1-11(13,9(15)16)5-6-3-2-4-7-8(6)14-10(12)17-7/h2-4H,5,13H2,1H3,(H2,12,14)(H,15,16)/t11-/m0/s1. The maximum absolute atomic E-state index is 11.0. The molecule has 0 aliphatic rings. The van der Waals surface area contributed by atoms with Crippen molar-refractivity contribution in [3.63, 3.8) is 0 Å². The van der Waals surface area contributed by atoms with Crippen LogP contribution in [0.2, 0.25) is 0 Å². The molecule has 0 radical (unpaired) electrons. The highest BCUT2D eigenvalue weighted by Crippen LogP contribution is 2.27. The topological polar surface area (TPSA) is 102 Å². The average molecular weight is 251 g/mol. The van der Waals surface area contributed by atoms with Gasteiger partial charge in [0, 0.05) is 6.42 Å². The fraction of sp³-hybridized carbons (Fsp3) is 0.273. The predicted octanol–water partition coefficient (Wildman–Crippen LogP) is 1.22. The molecule has 17 heavy (non-hydrogen) atoms. The highest BCUT2D eigenvalue weighted by molar-refractivity contribution is 7.22. The zero-order valence-electron chi connectivity index (χ0n) is 9.30. The highest BCUT2D eigenvalue weighted by Gasteiger charge is 2.29. The summed E-state index contributed by atoms with van der Waals surface area (Å²) in [5.41, 5.74) is 11.6. The second-order valence-corrected chi connectivity index (χ2v) is 5.28. The molecule has 5 N–H and O–H groups in total. The monoisotopic (exact) mass is 251 g/mol. The molecule has 0 fully saturated rings. The smallest absolute Gasteiger partial charge is 0.323 e. The first-order valence-electron chi connectivity index (χ1n) is 5.06. The minimum Gasteiger partial charge on any atom is -0.480 e. The van der Waals surface area contributed by atoms with Gasteiger partial charge in [-0.1, -0.05) is 23.5 Å². The second-order valence-electron chi connectivity index (χ2n) is 4.22. The van der Waals surface area contributed by atoms with E-state index < -0.39 is 11.5 Å². The maximum Gasteiger partial charge on any atom is 0.323 e. The number of benzene rings is 1. The van der Waals surface area contributed by atoms with Gasteiger partial charge in [-0.25, -0.2) is 4.98 Å². The van der Waals surface area contributed by atoms with E-state index >= 15 is 0 Å². The molecule has 0 saturated heterocycles. The summed E-state index contributed by atoms with van der Waals surface area (Å²) in [4.78, 5) is 15.2. The Morgan fingerprint density at radius 3 is 2.94 bits per heavy atom. The van der Waals surface area contributed by atoms with Crippen LogP contribution in [0.3, 0.4) is 0 Å². The first kappa shape index (κ1) is 11.8. The van der Waals surface area contributed by atoms with E-state index in [1.807, 2.05) is 18.2 Å². The molecule has 6 heteroatoms. The molecule has 2 aromatic rings. The van der Waals surface area contributed by atoms with Crippen LogP contribution >= 0.6 is 11.3 Å². The number of carbonyl (C=O) groups is 1. The molecule has 1 aromatic heterocycles. The Morgan fingerprint density at radius 1 is 1.59 bits per heavy atom. The molecule has 1 heterocycles. The summed E-state index contributed by atoms with van der Waals surface area (Å²) < 4.78 is 0.946. The van der Waals surface area contributed by atoms with Gasteiger partial charge in [-0.3, -0.25) is 4.79 Å². The number of para-hydroxylation sites is 1. The van der Waals surface area contributed by atoms with Crippen molar-refractivity contribution in [2.45, 2.75) is 18.9 Å². The van der Waals surface area contributed by atoms with Crippen molar-refractivity contribution in [2.75, 3.05) is 5.73 Å². The van der Waals surface area contributed by atoms with Gasteiger partial charge in [0.05, 0.1) is 10.2 Å². The lowest BCUT2D eigenvalue weighted by molar-refractivity contribution is -0.142. The lowest BCUT2D eigenvalue weighted by atomic mass is 9.93. The number of thiazole rings is 1. The summed E-state index contributed by atoms with van der Waals surface area (Å²) in [6.45, 7) is 1.49. The lowest BCUT2D eigenvalue weighted by Gasteiger charge is -2.19. The van der Waals surface area contributed by atoms with Crippen LogP contribution in [0.5, 0.6) is 0 Å². The Morgan fingerprint density at radius 2 is 2.29 bits per heavy atom. The van der Waals surface area contributed by atoms with Crippen LogP contribution in [0.15, 0.2) is 18.2 Å². The number of anilines is 1. The minimum absolute atomic E-state index is 0.225. The van der Waals surface area contributed by atoms with E-state index in [0.29, 0.717) is 5.13 Å². The van der Waals surface area contributed by atoms with Crippen LogP contribution in [0.4, 0.5) is 5.13 Å². The van der Waals surface area contributed by atoms with Crippen LogP contribution in [0, 0.1) is 0 Å². The molecule has 0 bridgehead atoms. The van der Waals surface area contributed by atoms with Gasteiger partial charge in [0.1, 0.15) is 5.54 Å². The van der Waals surface area contributed by atoms with Crippen molar-refractivity contribution in [1.29, 1.82) is 0 Å². The van der Waals surface area contributed by atoms with E-state index in [2.05, 4.69) is 4.98 Å². The molecule has 0 amide bonds. The molecular formula is C11H13N3O2S. The number of carboxylic acid groups (broad SMARTS) is 1. The van der Waals surface area contributed by atoms with Crippen molar-refractivity contribution >= 4 is 32.7 Å². The fourth-order valence-corrected chi connectivity index (χ4v) is 2.42. The van der Waals surface area contributed by atoms with Crippen LogP contribution in [-0.2, 0) is 11.2 Å². The van der Waals surface area contributed by atoms with Gasteiger partial charge in [0.25, 0.3) is 0 Å². The number of aliphatic carboxylic acids is 1. The quantitative estimate of drug-likeness (QED) is 0.761. The summed E-state index contributed by atoms with van der Waals surface area (Å²) in [5, 5.41) is 9.49. The fourth-order valence-electron chi connectivity index (χ4n) is 1.64. The van der Waals surface area contributed by atoms with Gasteiger partial charge in [0.15, 0.2) is 5.13 Å². The largest absolute Gasteiger partial charge is 0.480 e. The Kier molecular flexibility index (Phi) is 2.76. The average Bonchev–Trinajstić information content (AvgIpc) is 2.59. The molecule has 0 aliphatic heterocycles. The molecule has 1 atom stereocenters. The van der Waals surface area contributed by atoms with Gasteiger partial charge < -0.3 is 16.6 Å². The number of nitrogens with two attached hydrogens (primary N) is 2. The minimum atomic E-state index is -1.30. The van der Waals surface area contributed by atoms with Crippen LogP contribution in [-0.4, -0.2) is 21.6 Å². The van der Waals surface area contributed by atoms with Crippen LogP contribution in [0.25, 0.3) is 10.2 Å². The summed E-state index contributed by atoms with van der Waals surface area (Å²) in [7, 11) is 0. The SMILES string of the molecule is C[C@](N)(Cc1cccc2sc(N)nc12)C(=O)O. The first-order chi connectivity index (χ1) is 7.90. The summed E-state index contributed by atoms with van der Waals surface area (Å²) in [5.74, 6) is -1.03. The van der Waals surface area contributed by atoms with Gasteiger partial charge >= 0.3 is 5.97 Å². The van der Waals surface area contributed by atoms with E-state index in [9.17, 15) is 4.79 Å². The van der Waals surface area contributed by atoms with Gasteiger partial charge in [-0.05, 0) is 18.6 Å². The van der Waals surface area contributed by atoms with E-state index in [4.69, 9.17) is 16.6 Å². The van der Waals surface area contributed by atoms with Gasteiger partial charge in [0.2, 0.25) is 0 Å².